The zero-order chi connectivity index (χ0) is 17.6. The van der Waals surface area contributed by atoms with Crippen molar-refractivity contribution in [1.82, 2.24) is 15.5 Å². The molecule has 0 aromatic heterocycles. The summed E-state index contributed by atoms with van der Waals surface area (Å²) in [5.74, 6) is -0.256. The first-order valence-electron chi connectivity index (χ1n) is 8.46. The Balaban J connectivity index is 1.67. The van der Waals surface area contributed by atoms with Crippen LogP contribution in [-0.4, -0.2) is 42.5 Å². The summed E-state index contributed by atoms with van der Waals surface area (Å²) in [6, 6.07) is 9.33. The zero-order valence-electron chi connectivity index (χ0n) is 14.5. The molecule has 0 bridgehead atoms. The van der Waals surface area contributed by atoms with Gasteiger partial charge in [-0.25, -0.2) is 4.79 Å². The molecule has 1 atom stereocenters. The number of likely N-dealkylation sites (tertiary alicyclic amines) is 1. The number of nitrogens with one attached hydrogen (secondary N) is 2. The van der Waals surface area contributed by atoms with Crippen LogP contribution in [0, 0.1) is 5.41 Å². The summed E-state index contributed by atoms with van der Waals surface area (Å²) in [4.78, 5) is 25.9. The van der Waals surface area contributed by atoms with Crippen LogP contribution in [0.3, 0.4) is 0 Å². The van der Waals surface area contributed by atoms with E-state index >= 15 is 0 Å². The minimum absolute atomic E-state index is 0.0573. The molecule has 4 N–H and O–H groups in total. The van der Waals surface area contributed by atoms with E-state index in [0.29, 0.717) is 19.5 Å². The number of hydrogen-bond acceptors (Lipinski definition) is 4. The standard InChI is InChI=1S/C18H28N4O2/c1-18(2)13-22(10-8-15(18)19)11-9-16(23)21-17(24)20-12-14-6-4-3-5-7-14/h3-7,15H,8-13,19H2,1-2H3,(H2,20,21,23,24). The van der Waals surface area contributed by atoms with Crippen molar-refractivity contribution in [1.29, 1.82) is 0 Å². The van der Waals surface area contributed by atoms with Crippen molar-refractivity contribution in [3.63, 3.8) is 0 Å². The Hall–Kier alpha value is -1.92. The summed E-state index contributed by atoms with van der Waals surface area (Å²) in [6.07, 6.45) is 1.25. The largest absolute Gasteiger partial charge is 0.334 e. The zero-order valence-corrected chi connectivity index (χ0v) is 14.5. The number of rotatable bonds is 5. The maximum Gasteiger partial charge on any atom is 0.321 e. The Kier molecular flexibility index (Phi) is 6.34. The molecular weight excluding hydrogens is 304 g/mol. The van der Waals surface area contributed by atoms with Crippen LogP contribution in [0.1, 0.15) is 32.3 Å². The van der Waals surface area contributed by atoms with Gasteiger partial charge in [0.15, 0.2) is 0 Å². The van der Waals surface area contributed by atoms with Crippen LogP contribution < -0.4 is 16.4 Å². The molecule has 24 heavy (non-hydrogen) atoms. The molecule has 132 valence electrons. The van der Waals surface area contributed by atoms with E-state index in [0.717, 1.165) is 25.1 Å². The molecule has 1 aromatic carbocycles. The minimum Gasteiger partial charge on any atom is -0.334 e. The topological polar surface area (TPSA) is 87.5 Å². The predicted octanol–water partition coefficient (Wildman–Crippen LogP) is 1.46. The fraction of sp³-hybridized carbons (Fsp3) is 0.556. The van der Waals surface area contributed by atoms with Gasteiger partial charge >= 0.3 is 6.03 Å². The number of hydrogen-bond donors (Lipinski definition) is 3. The fourth-order valence-corrected chi connectivity index (χ4v) is 2.95. The summed E-state index contributed by atoms with van der Waals surface area (Å²) in [5.41, 5.74) is 7.17. The molecule has 1 unspecified atom stereocenters. The Morgan fingerprint density at radius 2 is 2.00 bits per heavy atom. The van der Waals surface area contributed by atoms with Gasteiger partial charge in [0, 0.05) is 32.1 Å². The molecule has 1 aromatic rings. The average Bonchev–Trinajstić information content (AvgIpc) is 2.55. The van der Waals surface area contributed by atoms with Gasteiger partial charge in [-0.15, -0.1) is 0 Å². The second-order valence-corrected chi connectivity index (χ2v) is 7.13. The Morgan fingerprint density at radius 3 is 2.67 bits per heavy atom. The van der Waals surface area contributed by atoms with Gasteiger partial charge in [-0.05, 0) is 23.9 Å². The van der Waals surface area contributed by atoms with E-state index in [9.17, 15) is 9.59 Å². The van der Waals surface area contributed by atoms with E-state index in [1.807, 2.05) is 30.3 Å². The van der Waals surface area contributed by atoms with Crippen molar-refractivity contribution in [3.8, 4) is 0 Å². The highest BCUT2D eigenvalue weighted by molar-refractivity contribution is 5.94. The summed E-state index contributed by atoms with van der Waals surface area (Å²) in [6.45, 7) is 7.13. The third-order valence-corrected chi connectivity index (χ3v) is 4.60. The Bertz CT molecular complexity index is 559. The SMILES string of the molecule is CC1(C)CN(CCC(=O)NC(=O)NCc2ccccc2)CCC1N. The first kappa shape index (κ1) is 18.4. The molecule has 3 amide bonds. The molecule has 0 radical (unpaired) electrons. The highest BCUT2D eigenvalue weighted by Gasteiger charge is 2.33. The van der Waals surface area contributed by atoms with Crippen molar-refractivity contribution < 1.29 is 9.59 Å². The average molecular weight is 332 g/mol. The van der Waals surface area contributed by atoms with Crippen LogP contribution in [0.25, 0.3) is 0 Å². The monoisotopic (exact) mass is 332 g/mol. The molecule has 0 spiro atoms. The number of amides is 3. The minimum atomic E-state index is -0.454. The van der Waals surface area contributed by atoms with Gasteiger partial charge in [0.2, 0.25) is 5.91 Å². The molecule has 1 aliphatic rings. The summed E-state index contributed by atoms with van der Waals surface area (Å²) >= 11 is 0. The number of urea groups is 1. The summed E-state index contributed by atoms with van der Waals surface area (Å²) in [7, 11) is 0. The third-order valence-electron chi connectivity index (χ3n) is 4.60. The number of imide groups is 1. The predicted molar refractivity (Wildman–Crippen MR) is 94.3 cm³/mol. The van der Waals surface area contributed by atoms with E-state index in [-0.39, 0.29) is 17.4 Å². The van der Waals surface area contributed by atoms with E-state index in [1.165, 1.54) is 0 Å². The molecule has 6 nitrogen and oxygen atoms in total. The molecule has 2 rings (SSSR count). The van der Waals surface area contributed by atoms with Crippen molar-refractivity contribution in [2.45, 2.75) is 39.3 Å². The van der Waals surface area contributed by atoms with Crippen molar-refractivity contribution in [3.05, 3.63) is 35.9 Å². The lowest BCUT2D eigenvalue weighted by atomic mass is 9.80. The molecule has 1 heterocycles. The molecular formula is C18H28N4O2. The van der Waals surface area contributed by atoms with Gasteiger partial charge in [-0.1, -0.05) is 44.2 Å². The van der Waals surface area contributed by atoms with Crippen molar-refractivity contribution in [2.75, 3.05) is 19.6 Å². The lowest BCUT2D eigenvalue weighted by Gasteiger charge is -2.42. The number of nitrogens with two attached hydrogens (primary N) is 1. The first-order chi connectivity index (χ1) is 11.4. The number of benzene rings is 1. The summed E-state index contributed by atoms with van der Waals surface area (Å²) < 4.78 is 0. The van der Waals surface area contributed by atoms with E-state index in [1.54, 1.807) is 0 Å². The molecule has 6 heteroatoms. The van der Waals surface area contributed by atoms with Gasteiger partial charge in [0.05, 0.1) is 0 Å². The molecule has 1 saturated heterocycles. The van der Waals surface area contributed by atoms with Crippen LogP contribution >= 0.6 is 0 Å². The highest BCUT2D eigenvalue weighted by Crippen LogP contribution is 2.27. The van der Waals surface area contributed by atoms with Crippen LogP contribution in [0.4, 0.5) is 4.79 Å². The lowest BCUT2D eigenvalue weighted by Crippen LogP contribution is -2.53. The lowest BCUT2D eigenvalue weighted by molar-refractivity contribution is -0.120. The Labute approximate surface area is 143 Å². The summed E-state index contributed by atoms with van der Waals surface area (Å²) in [5, 5.41) is 5.06. The molecule has 1 aliphatic heterocycles. The molecule has 0 saturated carbocycles. The first-order valence-corrected chi connectivity index (χ1v) is 8.46. The smallest absolute Gasteiger partial charge is 0.321 e. The number of carbonyl (C=O) groups excluding carboxylic acids is 2. The number of piperidine rings is 1. The highest BCUT2D eigenvalue weighted by atomic mass is 16.2. The van der Waals surface area contributed by atoms with Crippen molar-refractivity contribution >= 4 is 11.9 Å². The second kappa shape index (κ2) is 8.26. The van der Waals surface area contributed by atoms with Crippen LogP contribution in [0.5, 0.6) is 0 Å². The third kappa shape index (κ3) is 5.62. The Morgan fingerprint density at radius 1 is 1.29 bits per heavy atom. The molecule has 1 fully saturated rings. The van der Waals surface area contributed by atoms with Gasteiger partial charge in [0.25, 0.3) is 0 Å². The van der Waals surface area contributed by atoms with Gasteiger partial charge in [-0.2, -0.15) is 0 Å². The van der Waals surface area contributed by atoms with Crippen molar-refractivity contribution in [2.24, 2.45) is 11.1 Å². The van der Waals surface area contributed by atoms with Crippen LogP contribution in [-0.2, 0) is 11.3 Å². The fourth-order valence-electron chi connectivity index (χ4n) is 2.95. The van der Waals surface area contributed by atoms with E-state index in [2.05, 4.69) is 29.4 Å². The van der Waals surface area contributed by atoms with Gasteiger partial charge in [-0.3, -0.25) is 10.1 Å². The van der Waals surface area contributed by atoms with E-state index < -0.39 is 6.03 Å². The van der Waals surface area contributed by atoms with Gasteiger partial charge < -0.3 is 16.0 Å². The normalized spacial score (nSPS) is 20.4. The van der Waals surface area contributed by atoms with Gasteiger partial charge in [0.1, 0.15) is 0 Å². The number of carbonyl (C=O) groups is 2. The van der Waals surface area contributed by atoms with Crippen LogP contribution in [0.15, 0.2) is 30.3 Å². The maximum atomic E-state index is 11.9. The number of nitrogens with zero attached hydrogens (tertiary/aromatic N) is 1. The van der Waals surface area contributed by atoms with E-state index in [4.69, 9.17) is 5.73 Å². The maximum absolute atomic E-state index is 11.9. The quantitative estimate of drug-likeness (QED) is 0.762. The molecule has 0 aliphatic carbocycles. The van der Waals surface area contributed by atoms with Crippen LogP contribution in [0.2, 0.25) is 0 Å². The second-order valence-electron chi connectivity index (χ2n) is 7.13.